The van der Waals surface area contributed by atoms with Crippen molar-refractivity contribution in [3.8, 4) is 0 Å². The van der Waals surface area contributed by atoms with Crippen LogP contribution in [0.3, 0.4) is 0 Å². The van der Waals surface area contributed by atoms with Crippen molar-refractivity contribution in [3.63, 3.8) is 0 Å². The molecule has 0 aromatic rings. The lowest BCUT2D eigenvalue weighted by Crippen LogP contribution is -2.43. The van der Waals surface area contributed by atoms with Gasteiger partial charge in [0.1, 0.15) is 0 Å². The van der Waals surface area contributed by atoms with E-state index in [0.29, 0.717) is 0 Å². The first-order chi connectivity index (χ1) is 9.56. The third kappa shape index (κ3) is 6.84. The molecule has 0 bridgehead atoms. The lowest BCUT2D eigenvalue weighted by atomic mass is 9.93. The summed E-state index contributed by atoms with van der Waals surface area (Å²) in [5.74, 6) is -1.53. The van der Waals surface area contributed by atoms with Crippen molar-refractivity contribution in [1.82, 2.24) is 0 Å². The fourth-order valence-electron chi connectivity index (χ4n) is 1.19. The van der Waals surface area contributed by atoms with Gasteiger partial charge in [0.05, 0.1) is 13.2 Å². The molecule has 0 fully saturated rings. The second kappa shape index (κ2) is 8.26. The van der Waals surface area contributed by atoms with Crippen molar-refractivity contribution < 1.29 is 28.6 Å². The summed E-state index contributed by atoms with van der Waals surface area (Å²) in [5.41, 5.74) is -1.55. The highest BCUT2D eigenvalue weighted by Gasteiger charge is 2.46. The van der Waals surface area contributed by atoms with Crippen LogP contribution in [0.15, 0.2) is 0 Å². The van der Waals surface area contributed by atoms with Crippen molar-refractivity contribution >= 4 is 29.9 Å². The molecule has 6 nitrogen and oxygen atoms in total. The minimum Gasteiger partial charge on any atom is -0.465 e. The Bertz CT molecular complexity index is 387. The van der Waals surface area contributed by atoms with Crippen LogP contribution in [0.25, 0.3) is 0 Å². The first kappa shape index (κ1) is 19.8. The highest BCUT2D eigenvalue weighted by atomic mass is 32.2. The first-order valence-corrected chi connectivity index (χ1v) is 7.75. The Labute approximate surface area is 129 Å². The van der Waals surface area contributed by atoms with E-state index >= 15 is 0 Å². The Morgan fingerprint density at radius 1 is 0.905 bits per heavy atom. The summed E-state index contributed by atoms with van der Waals surface area (Å²) in [6, 6.07) is 0. The monoisotopic (exact) mass is 320 g/mol. The van der Waals surface area contributed by atoms with Crippen LogP contribution >= 0.6 is 11.8 Å². The number of esters is 2. The molecule has 0 N–H and O–H groups in total. The van der Waals surface area contributed by atoms with Crippen LogP contribution in [-0.4, -0.2) is 41.8 Å². The fraction of sp³-hybridized carbons (Fsp3) is 0.786. The summed E-state index contributed by atoms with van der Waals surface area (Å²) in [5, 5.41) is 0. The maximum absolute atomic E-state index is 12.1. The third-order valence-corrected chi connectivity index (χ3v) is 4.00. The zero-order valence-corrected chi connectivity index (χ0v) is 14.3. The van der Waals surface area contributed by atoms with Gasteiger partial charge in [-0.3, -0.25) is 9.59 Å². The Balaban J connectivity index is 5.06. The average molecular weight is 320 g/mol. The van der Waals surface area contributed by atoms with Crippen LogP contribution in [0.5, 0.6) is 0 Å². The SMILES string of the molecule is CCOC(=O)OC(=O)C(C)(CSC(C)(C)C)C(=O)OCC. The Morgan fingerprint density at radius 3 is 1.86 bits per heavy atom. The maximum Gasteiger partial charge on any atom is 0.516 e. The fourth-order valence-corrected chi connectivity index (χ4v) is 2.15. The largest absolute Gasteiger partial charge is 0.516 e. The molecule has 21 heavy (non-hydrogen) atoms. The molecule has 0 heterocycles. The van der Waals surface area contributed by atoms with Gasteiger partial charge in [0.2, 0.25) is 0 Å². The molecule has 122 valence electrons. The van der Waals surface area contributed by atoms with Gasteiger partial charge in [-0.25, -0.2) is 4.79 Å². The van der Waals surface area contributed by atoms with Crippen LogP contribution in [0.1, 0.15) is 41.5 Å². The Morgan fingerprint density at radius 2 is 1.43 bits per heavy atom. The van der Waals surface area contributed by atoms with Gasteiger partial charge in [-0.05, 0) is 20.8 Å². The van der Waals surface area contributed by atoms with E-state index in [1.807, 2.05) is 20.8 Å². The van der Waals surface area contributed by atoms with E-state index in [9.17, 15) is 14.4 Å². The Hall–Kier alpha value is -1.24. The molecular formula is C14H24O6S. The molecule has 1 atom stereocenters. The average Bonchev–Trinajstić information content (AvgIpc) is 2.35. The van der Waals surface area contributed by atoms with Crippen LogP contribution < -0.4 is 0 Å². The third-order valence-electron chi connectivity index (χ3n) is 2.41. The number of rotatable bonds is 6. The molecule has 0 aliphatic carbocycles. The number of ether oxygens (including phenoxy) is 3. The zero-order chi connectivity index (χ0) is 16.7. The van der Waals surface area contributed by atoms with Crippen molar-refractivity contribution in [2.75, 3.05) is 19.0 Å². The zero-order valence-electron chi connectivity index (χ0n) is 13.5. The van der Waals surface area contributed by atoms with Gasteiger partial charge in [0, 0.05) is 10.5 Å². The molecule has 0 radical (unpaired) electrons. The predicted molar refractivity (Wildman–Crippen MR) is 80.1 cm³/mol. The van der Waals surface area contributed by atoms with Crippen LogP contribution in [-0.2, 0) is 23.8 Å². The van der Waals surface area contributed by atoms with Gasteiger partial charge >= 0.3 is 18.1 Å². The van der Waals surface area contributed by atoms with Gasteiger partial charge in [0.15, 0.2) is 5.41 Å². The standard InChI is InChI=1S/C14H24O6S/c1-7-18-10(15)14(6,9-21-13(3,4)5)11(16)20-12(17)19-8-2/h7-9H2,1-6H3. The van der Waals surface area contributed by atoms with E-state index in [-0.39, 0.29) is 23.7 Å². The highest BCUT2D eigenvalue weighted by Crippen LogP contribution is 2.33. The van der Waals surface area contributed by atoms with E-state index < -0.39 is 23.5 Å². The predicted octanol–water partition coefficient (Wildman–Crippen LogP) is 2.79. The molecule has 0 saturated carbocycles. The van der Waals surface area contributed by atoms with Gasteiger partial charge < -0.3 is 14.2 Å². The number of carbonyl (C=O) groups excluding carboxylic acids is 3. The molecular weight excluding hydrogens is 296 g/mol. The smallest absolute Gasteiger partial charge is 0.465 e. The summed E-state index contributed by atoms with van der Waals surface area (Å²) >= 11 is 1.41. The van der Waals surface area contributed by atoms with Crippen molar-refractivity contribution in [3.05, 3.63) is 0 Å². The summed E-state index contributed by atoms with van der Waals surface area (Å²) in [6.07, 6.45) is -1.11. The molecule has 0 saturated heterocycles. The van der Waals surface area contributed by atoms with Gasteiger partial charge in [-0.2, -0.15) is 11.8 Å². The van der Waals surface area contributed by atoms with Gasteiger partial charge in [-0.1, -0.05) is 20.8 Å². The minimum absolute atomic E-state index is 0.0823. The normalized spacial score (nSPS) is 14.0. The molecule has 0 aromatic carbocycles. The van der Waals surface area contributed by atoms with E-state index in [1.165, 1.54) is 18.7 Å². The molecule has 1 unspecified atom stereocenters. The second-order valence-corrected chi connectivity index (χ2v) is 7.33. The molecule has 0 aliphatic heterocycles. The van der Waals surface area contributed by atoms with E-state index in [0.717, 1.165) is 0 Å². The second-order valence-electron chi connectivity index (χ2n) is 5.53. The lowest BCUT2D eigenvalue weighted by Gasteiger charge is -2.27. The quantitative estimate of drug-likeness (QED) is 0.550. The molecule has 0 aromatic heterocycles. The number of carbonyl (C=O) groups is 3. The van der Waals surface area contributed by atoms with Crippen molar-refractivity contribution in [2.24, 2.45) is 5.41 Å². The molecule has 0 aliphatic rings. The van der Waals surface area contributed by atoms with E-state index in [2.05, 4.69) is 9.47 Å². The summed E-state index contributed by atoms with van der Waals surface area (Å²) in [7, 11) is 0. The Kier molecular flexibility index (Phi) is 7.78. The van der Waals surface area contributed by atoms with Crippen LogP contribution in [0, 0.1) is 5.41 Å². The lowest BCUT2D eigenvalue weighted by molar-refractivity contribution is -0.166. The van der Waals surface area contributed by atoms with E-state index in [4.69, 9.17) is 4.74 Å². The van der Waals surface area contributed by atoms with E-state index in [1.54, 1.807) is 13.8 Å². The number of hydrogen-bond acceptors (Lipinski definition) is 7. The molecule has 0 rings (SSSR count). The summed E-state index contributed by atoms with van der Waals surface area (Å²) in [6.45, 7) is 10.7. The molecule has 0 spiro atoms. The highest BCUT2D eigenvalue weighted by molar-refractivity contribution is 8.00. The number of thioether (sulfide) groups is 1. The summed E-state index contributed by atoms with van der Waals surface area (Å²) < 4.78 is 13.9. The minimum atomic E-state index is -1.55. The van der Waals surface area contributed by atoms with Crippen LogP contribution in [0.2, 0.25) is 0 Å². The number of hydrogen-bond donors (Lipinski definition) is 0. The van der Waals surface area contributed by atoms with Crippen molar-refractivity contribution in [1.29, 1.82) is 0 Å². The maximum atomic E-state index is 12.1. The molecule has 7 heteroatoms. The topological polar surface area (TPSA) is 78.9 Å². The van der Waals surface area contributed by atoms with Gasteiger partial charge in [-0.15, -0.1) is 0 Å². The molecule has 0 amide bonds. The van der Waals surface area contributed by atoms with Crippen molar-refractivity contribution in [2.45, 2.75) is 46.3 Å². The summed E-state index contributed by atoms with van der Waals surface area (Å²) in [4.78, 5) is 35.5. The van der Waals surface area contributed by atoms with Gasteiger partial charge in [0.25, 0.3) is 0 Å². The van der Waals surface area contributed by atoms with Crippen LogP contribution in [0.4, 0.5) is 4.79 Å². The first-order valence-electron chi connectivity index (χ1n) is 6.77.